The summed E-state index contributed by atoms with van der Waals surface area (Å²) in [5.74, 6) is 0.431. The van der Waals surface area contributed by atoms with Gasteiger partial charge in [0.1, 0.15) is 6.61 Å². The fraction of sp³-hybridized carbons (Fsp3) is 0.600. The Hall–Kier alpha value is -1.82. The Bertz CT molecular complexity index is 473. The highest BCUT2D eigenvalue weighted by molar-refractivity contribution is 5.57. The summed E-state index contributed by atoms with van der Waals surface area (Å²) < 4.78 is 11.0. The molecule has 0 heterocycles. The average molecular weight is 296 g/mol. The van der Waals surface area contributed by atoms with E-state index in [0.717, 1.165) is 19.3 Å². The molecule has 0 unspecified atom stereocenters. The van der Waals surface area contributed by atoms with Crippen LogP contribution in [0.25, 0.3) is 0 Å². The summed E-state index contributed by atoms with van der Waals surface area (Å²) in [7, 11) is 0. The lowest BCUT2D eigenvalue weighted by molar-refractivity contribution is -0.386. The molecule has 0 saturated heterocycles. The standard InChI is InChI=1S/C15H24N2O4/c1-4-10-20-12-8-7-9-13(14(12)17(18)19)21-11-15(16,5-2)6-3/h7-9H,4-6,10-11,16H2,1-3H3. The van der Waals surface area contributed by atoms with Crippen molar-refractivity contribution in [2.45, 2.75) is 45.6 Å². The zero-order chi connectivity index (χ0) is 15.9. The number of para-hydroxylation sites is 1. The highest BCUT2D eigenvalue weighted by Gasteiger charge is 2.26. The Labute approximate surface area is 125 Å². The minimum Gasteiger partial charge on any atom is -0.487 e. The molecule has 6 heteroatoms. The lowest BCUT2D eigenvalue weighted by Crippen LogP contribution is -2.44. The van der Waals surface area contributed by atoms with Crippen molar-refractivity contribution in [3.05, 3.63) is 28.3 Å². The van der Waals surface area contributed by atoms with Gasteiger partial charge in [-0.1, -0.05) is 26.8 Å². The van der Waals surface area contributed by atoms with Crippen LogP contribution in [0.1, 0.15) is 40.0 Å². The number of ether oxygens (including phenoxy) is 2. The van der Waals surface area contributed by atoms with Gasteiger partial charge in [0.2, 0.25) is 11.5 Å². The van der Waals surface area contributed by atoms with Gasteiger partial charge < -0.3 is 15.2 Å². The molecule has 21 heavy (non-hydrogen) atoms. The third-order valence-electron chi connectivity index (χ3n) is 3.53. The van der Waals surface area contributed by atoms with Gasteiger partial charge in [-0.25, -0.2) is 0 Å². The SMILES string of the molecule is CCCOc1cccc(OCC(N)(CC)CC)c1[N+](=O)[O-]. The van der Waals surface area contributed by atoms with Crippen LogP contribution in [0.2, 0.25) is 0 Å². The number of nitrogens with zero attached hydrogens (tertiary/aromatic N) is 1. The van der Waals surface area contributed by atoms with Crippen LogP contribution in [0.15, 0.2) is 18.2 Å². The van der Waals surface area contributed by atoms with E-state index in [4.69, 9.17) is 15.2 Å². The average Bonchev–Trinajstić information content (AvgIpc) is 2.50. The Kier molecular flexibility index (Phi) is 6.42. The van der Waals surface area contributed by atoms with Crippen molar-refractivity contribution in [2.75, 3.05) is 13.2 Å². The van der Waals surface area contributed by atoms with E-state index < -0.39 is 10.5 Å². The fourth-order valence-electron chi connectivity index (χ4n) is 1.80. The molecule has 6 nitrogen and oxygen atoms in total. The molecule has 1 aromatic carbocycles. The van der Waals surface area contributed by atoms with Crippen molar-refractivity contribution in [1.82, 2.24) is 0 Å². The van der Waals surface area contributed by atoms with Crippen LogP contribution in [-0.2, 0) is 0 Å². The Morgan fingerprint density at radius 2 is 1.76 bits per heavy atom. The van der Waals surface area contributed by atoms with Crippen LogP contribution in [0.3, 0.4) is 0 Å². The topological polar surface area (TPSA) is 87.6 Å². The second-order valence-electron chi connectivity index (χ2n) is 5.07. The van der Waals surface area contributed by atoms with Gasteiger partial charge in [-0.2, -0.15) is 0 Å². The third-order valence-corrected chi connectivity index (χ3v) is 3.53. The maximum Gasteiger partial charge on any atom is 0.352 e. The number of nitrogens with two attached hydrogens (primary N) is 1. The lowest BCUT2D eigenvalue weighted by Gasteiger charge is -2.26. The normalized spacial score (nSPS) is 11.2. The smallest absolute Gasteiger partial charge is 0.352 e. The summed E-state index contributed by atoms with van der Waals surface area (Å²) in [6.45, 7) is 6.55. The molecule has 0 radical (unpaired) electrons. The molecule has 0 aromatic heterocycles. The Morgan fingerprint density at radius 1 is 1.19 bits per heavy atom. The number of hydrogen-bond acceptors (Lipinski definition) is 5. The third kappa shape index (κ3) is 4.60. The second kappa shape index (κ2) is 7.83. The molecule has 0 amide bonds. The van der Waals surface area contributed by atoms with Crippen molar-refractivity contribution in [1.29, 1.82) is 0 Å². The van der Waals surface area contributed by atoms with E-state index in [1.54, 1.807) is 18.2 Å². The molecule has 0 spiro atoms. The summed E-state index contributed by atoms with van der Waals surface area (Å²) in [6.07, 6.45) is 2.26. The summed E-state index contributed by atoms with van der Waals surface area (Å²) in [5, 5.41) is 11.3. The minimum atomic E-state index is -0.478. The molecule has 1 aromatic rings. The molecule has 0 aliphatic carbocycles. The highest BCUT2D eigenvalue weighted by Crippen LogP contribution is 2.37. The van der Waals surface area contributed by atoms with E-state index in [9.17, 15) is 10.1 Å². The van der Waals surface area contributed by atoms with Gasteiger partial charge in [0.25, 0.3) is 0 Å². The maximum atomic E-state index is 11.3. The van der Waals surface area contributed by atoms with Gasteiger partial charge in [-0.15, -0.1) is 0 Å². The molecule has 0 bridgehead atoms. The van der Waals surface area contributed by atoms with Crippen molar-refractivity contribution < 1.29 is 14.4 Å². The molecule has 0 fully saturated rings. The van der Waals surface area contributed by atoms with Crippen LogP contribution < -0.4 is 15.2 Å². The summed E-state index contributed by atoms with van der Waals surface area (Å²) >= 11 is 0. The predicted molar refractivity (Wildman–Crippen MR) is 81.9 cm³/mol. The second-order valence-corrected chi connectivity index (χ2v) is 5.07. The van der Waals surface area contributed by atoms with Gasteiger partial charge in [0.15, 0.2) is 0 Å². The first-order chi connectivity index (χ1) is 9.97. The van der Waals surface area contributed by atoms with Crippen LogP contribution in [0, 0.1) is 10.1 Å². The predicted octanol–water partition coefficient (Wildman–Crippen LogP) is 3.28. The van der Waals surface area contributed by atoms with E-state index in [1.807, 2.05) is 20.8 Å². The molecule has 0 saturated carbocycles. The number of hydrogen-bond donors (Lipinski definition) is 1. The molecule has 0 aliphatic heterocycles. The van der Waals surface area contributed by atoms with Crippen molar-refractivity contribution in [3.8, 4) is 11.5 Å². The molecular formula is C15H24N2O4. The van der Waals surface area contributed by atoms with E-state index in [0.29, 0.717) is 6.61 Å². The fourth-order valence-corrected chi connectivity index (χ4v) is 1.80. The van der Waals surface area contributed by atoms with Gasteiger partial charge in [0.05, 0.1) is 11.5 Å². The number of benzene rings is 1. The van der Waals surface area contributed by atoms with E-state index in [2.05, 4.69) is 0 Å². The summed E-state index contributed by atoms with van der Waals surface area (Å²) in [5.41, 5.74) is 5.55. The maximum absolute atomic E-state index is 11.3. The summed E-state index contributed by atoms with van der Waals surface area (Å²) in [6, 6.07) is 4.84. The Morgan fingerprint density at radius 3 is 2.24 bits per heavy atom. The molecule has 0 atom stereocenters. The number of nitro groups is 1. The molecule has 1 rings (SSSR count). The Balaban J connectivity index is 2.98. The first-order valence-electron chi connectivity index (χ1n) is 7.29. The number of nitro benzene ring substituents is 1. The lowest BCUT2D eigenvalue weighted by atomic mass is 9.96. The van der Waals surface area contributed by atoms with Gasteiger partial charge >= 0.3 is 5.69 Å². The van der Waals surface area contributed by atoms with Gasteiger partial charge in [0, 0.05) is 5.54 Å². The molecule has 2 N–H and O–H groups in total. The van der Waals surface area contributed by atoms with Crippen molar-refractivity contribution in [2.24, 2.45) is 5.73 Å². The van der Waals surface area contributed by atoms with Crippen LogP contribution in [-0.4, -0.2) is 23.7 Å². The van der Waals surface area contributed by atoms with Gasteiger partial charge in [-0.05, 0) is 31.4 Å². The van der Waals surface area contributed by atoms with E-state index >= 15 is 0 Å². The first kappa shape index (κ1) is 17.2. The molecular weight excluding hydrogens is 272 g/mol. The minimum absolute atomic E-state index is 0.138. The largest absolute Gasteiger partial charge is 0.487 e. The van der Waals surface area contributed by atoms with Crippen LogP contribution in [0.4, 0.5) is 5.69 Å². The number of rotatable bonds is 9. The van der Waals surface area contributed by atoms with Crippen LogP contribution >= 0.6 is 0 Å². The van der Waals surface area contributed by atoms with Crippen LogP contribution in [0.5, 0.6) is 11.5 Å². The zero-order valence-electron chi connectivity index (χ0n) is 12.9. The first-order valence-corrected chi connectivity index (χ1v) is 7.29. The van der Waals surface area contributed by atoms with E-state index in [-0.39, 0.29) is 23.8 Å². The molecule has 118 valence electrons. The monoisotopic (exact) mass is 296 g/mol. The summed E-state index contributed by atoms with van der Waals surface area (Å²) in [4.78, 5) is 10.8. The van der Waals surface area contributed by atoms with E-state index in [1.165, 1.54) is 0 Å². The molecule has 0 aliphatic rings. The van der Waals surface area contributed by atoms with Crippen molar-refractivity contribution in [3.63, 3.8) is 0 Å². The van der Waals surface area contributed by atoms with Crippen molar-refractivity contribution >= 4 is 5.69 Å². The van der Waals surface area contributed by atoms with Gasteiger partial charge in [-0.3, -0.25) is 10.1 Å². The highest BCUT2D eigenvalue weighted by atomic mass is 16.6. The zero-order valence-corrected chi connectivity index (χ0v) is 12.9. The quantitative estimate of drug-likeness (QED) is 0.558.